The lowest BCUT2D eigenvalue weighted by atomic mass is 10.4. The Hall–Kier alpha value is -1.35. The molecule has 2 rings (SSSR count). The molecule has 76 valence electrons. The highest BCUT2D eigenvalue weighted by atomic mass is 32.2. The third-order valence-corrected chi connectivity index (χ3v) is 3.26. The third kappa shape index (κ3) is 2.80. The van der Waals surface area contributed by atoms with Crippen LogP contribution in [0.5, 0.6) is 0 Å². The first-order valence-electron chi connectivity index (χ1n) is 4.83. The van der Waals surface area contributed by atoms with Crippen LogP contribution >= 0.6 is 11.8 Å². The Balaban J connectivity index is 2.03. The molecule has 0 unspecified atom stereocenters. The molecule has 0 N–H and O–H groups in total. The van der Waals surface area contributed by atoms with Gasteiger partial charge in [-0.05, 0) is 18.2 Å². The van der Waals surface area contributed by atoms with Crippen LogP contribution in [0.3, 0.4) is 0 Å². The molecule has 0 aliphatic carbocycles. The predicted molar refractivity (Wildman–Crippen MR) is 61.4 cm³/mol. The van der Waals surface area contributed by atoms with E-state index < -0.39 is 0 Å². The molecule has 15 heavy (non-hydrogen) atoms. The van der Waals surface area contributed by atoms with Crippen molar-refractivity contribution >= 4 is 11.8 Å². The first kappa shape index (κ1) is 10.2. The van der Waals surface area contributed by atoms with Crippen LogP contribution in [0.4, 0.5) is 0 Å². The molecule has 0 aliphatic rings. The Kier molecular flexibility index (Phi) is 3.35. The second-order valence-electron chi connectivity index (χ2n) is 3.26. The zero-order valence-electron chi connectivity index (χ0n) is 8.63. The third-order valence-electron chi connectivity index (χ3n) is 2.10. The van der Waals surface area contributed by atoms with Gasteiger partial charge in [0.2, 0.25) is 5.03 Å². The Morgan fingerprint density at radius 1 is 1.20 bits per heavy atom. The fourth-order valence-electron chi connectivity index (χ4n) is 1.29. The fraction of sp³-hybridized carbons (Fsp3) is 0.167. The highest BCUT2D eigenvalue weighted by molar-refractivity contribution is 7.98. The van der Waals surface area contributed by atoms with Crippen molar-refractivity contribution in [1.82, 2.24) is 4.98 Å². The van der Waals surface area contributed by atoms with Gasteiger partial charge in [0.25, 0.3) is 0 Å². The van der Waals surface area contributed by atoms with E-state index in [1.807, 2.05) is 24.4 Å². The average Bonchev–Trinajstić information content (AvgIpc) is 2.29. The van der Waals surface area contributed by atoms with E-state index in [0.29, 0.717) is 0 Å². The van der Waals surface area contributed by atoms with Gasteiger partial charge in [-0.2, -0.15) is 4.57 Å². The summed E-state index contributed by atoms with van der Waals surface area (Å²) < 4.78 is 2.12. The molecule has 0 radical (unpaired) electrons. The summed E-state index contributed by atoms with van der Waals surface area (Å²) in [4.78, 5) is 4.29. The number of aryl methyl sites for hydroxylation is 1. The summed E-state index contributed by atoms with van der Waals surface area (Å²) >= 11 is 1.80. The van der Waals surface area contributed by atoms with Crippen LogP contribution in [0.1, 0.15) is 5.69 Å². The summed E-state index contributed by atoms with van der Waals surface area (Å²) in [6, 6.07) is 12.2. The van der Waals surface area contributed by atoms with Gasteiger partial charge in [-0.3, -0.25) is 4.98 Å². The lowest BCUT2D eigenvalue weighted by Crippen LogP contribution is -2.29. The average molecular weight is 217 g/mol. The number of pyridine rings is 2. The minimum absolute atomic E-state index is 0.915. The molecule has 0 spiro atoms. The Morgan fingerprint density at radius 3 is 2.80 bits per heavy atom. The van der Waals surface area contributed by atoms with Gasteiger partial charge in [0.1, 0.15) is 7.05 Å². The topological polar surface area (TPSA) is 16.8 Å². The van der Waals surface area contributed by atoms with Crippen molar-refractivity contribution in [3.8, 4) is 0 Å². The van der Waals surface area contributed by atoms with E-state index >= 15 is 0 Å². The second kappa shape index (κ2) is 4.94. The monoisotopic (exact) mass is 217 g/mol. The number of aromatic nitrogens is 2. The number of nitrogens with zero attached hydrogens (tertiary/aromatic N) is 2. The number of hydrogen-bond donors (Lipinski definition) is 0. The molecule has 2 nitrogen and oxygen atoms in total. The van der Waals surface area contributed by atoms with E-state index in [1.165, 1.54) is 5.03 Å². The maximum absolute atomic E-state index is 4.29. The van der Waals surface area contributed by atoms with Gasteiger partial charge in [-0.15, -0.1) is 0 Å². The van der Waals surface area contributed by atoms with E-state index in [1.54, 1.807) is 11.8 Å². The zero-order chi connectivity index (χ0) is 10.5. The summed E-state index contributed by atoms with van der Waals surface area (Å²) in [6.07, 6.45) is 3.89. The molecule has 0 aromatic carbocycles. The molecule has 0 atom stereocenters. The minimum Gasteiger partial charge on any atom is -0.260 e. The quantitative estimate of drug-likeness (QED) is 0.579. The number of thioether (sulfide) groups is 1. The predicted octanol–water partition coefficient (Wildman–Crippen LogP) is 2.20. The molecule has 0 fully saturated rings. The van der Waals surface area contributed by atoms with Gasteiger partial charge in [0.05, 0.1) is 5.69 Å². The zero-order valence-corrected chi connectivity index (χ0v) is 9.45. The van der Waals surface area contributed by atoms with Gasteiger partial charge in [0.15, 0.2) is 6.20 Å². The van der Waals surface area contributed by atoms with Gasteiger partial charge in [0, 0.05) is 24.1 Å². The highest BCUT2D eigenvalue weighted by Crippen LogP contribution is 2.17. The van der Waals surface area contributed by atoms with Crippen LogP contribution in [0, 0.1) is 0 Å². The van der Waals surface area contributed by atoms with Crippen LogP contribution in [0.15, 0.2) is 53.8 Å². The molecule has 0 saturated carbocycles. The number of rotatable bonds is 3. The van der Waals surface area contributed by atoms with E-state index in [2.05, 4.69) is 41.0 Å². The van der Waals surface area contributed by atoms with Gasteiger partial charge < -0.3 is 0 Å². The standard InChI is InChI=1S/C12H13N2S/c1-14-9-5-3-7-12(14)15-10-11-6-2-4-8-13-11/h2-9H,10H2,1H3/q+1. The van der Waals surface area contributed by atoms with Crippen molar-refractivity contribution in [2.45, 2.75) is 10.8 Å². The van der Waals surface area contributed by atoms with E-state index in [0.717, 1.165) is 11.4 Å². The van der Waals surface area contributed by atoms with Gasteiger partial charge >= 0.3 is 0 Å². The molecule has 2 aromatic heterocycles. The number of hydrogen-bond acceptors (Lipinski definition) is 2. The fourth-order valence-corrected chi connectivity index (χ4v) is 2.19. The second-order valence-corrected chi connectivity index (χ2v) is 4.26. The lowest BCUT2D eigenvalue weighted by Gasteiger charge is -1.99. The Bertz CT molecular complexity index is 429. The van der Waals surface area contributed by atoms with E-state index in [9.17, 15) is 0 Å². The summed E-state index contributed by atoms with van der Waals surface area (Å²) in [5.74, 6) is 0.915. The van der Waals surface area contributed by atoms with Crippen molar-refractivity contribution < 1.29 is 4.57 Å². The minimum atomic E-state index is 0.915. The summed E-state index contributed by atoms with van der Waals surface area (Å²) in [5, 5.41) is 1.25. The molecule has 3 heteroatoms. The SMILES string of the molecule is C[n+]1ccccc1SCc1ccccn1. The normalized spacial score (nSPS) is 10.2. The van der Waals surface area contributed by atoms with Crippen molar-refractivity contribution in [2.75, 3.05) is 0 Å². The lowest BCUT2D eigenvalue weighted by molar-refractivity contribution is -0.708. The molecular formula is C12H13N2S+. The van der Waals surface area contributed by atoms with E-state index in [-0.39, 0.29) is 0 Å². The van der Waals surface area contributed by atoms with Gasteiger partial charge in [-0.1, -0.05) is 17.8 Å². The van der Waals surface area contributed by atoms with Crippen LogP contribution in [-0.2, 0) is 12.8 Å². The molecular weight excluding hydrogens is 204 g/mol. The van der Waals surface area contributed by atoms with Crippen molar-refractivity contribution in [3.05, 3.63) is 54.5 Å². The Labute approximate surface area is 94.0 Å². The van der Waals surface area contributed by atoms with Crippen molar-refractivity contribution in [2.24, 2.45) is 7.05 Å². The van der Waals surface area contributed by atoms with E-state index in [4.69, 9.17) is 0 Å². The summed E-state index contributed by atoms with van der Waals surface area (Å²) in [7, 11) is 2.06. The first-order valence-corrected chi connectivity index (χ1v) is 5.82. The maximum Gasteiger partial charge on any atom is 0.240 e. The largest absolute Gasteiger partial charge is 0.260 e. The molecule has 0 bridgehead atoms. The van der Waals surface area contributed by atoms with Crippen LogP contribution in [-0.4, -0.2) is 4.98 Å². The summed E-state index contributed by atoms with van der Waals surface area (Å²) in [5.41, 5.74) is 1.12. The summed E-state index contributed by atoms with van der Waals surface area (Å²) in [6.45, 7) is 0. The molecule has 0 saturated heterocycles. The highest BCUT2D eigenvalue weighted by Gasteiger charge is 2.05. The smallest absolute Gasteiger partial charge is 0.240 e. The molecule has 0 amide bonds. The molecule has 2 aromatic rings. The van der Waals surface area contributed by atoms with Crippen molar-refractivity contribution in [3.63, 3.8) is 0 Å². The Morgan fingerprint density at radius 2 is 2.07 bits per heavy atom. The maximum atomic E-state index is 4.29. The van der Waals surface area contributed by atoms with Crippen LogP contribution in [0.2, 0.25) is 0 Å². The molecule has 0 aliphatic heterocycles. The van der Waals surface area contributed by atoms with Crippen molar-refractivity contribution in [1.29, 1.82) is 0 Å². The van der Waals surface area contributed by atoms with Crippen LogP contribution in [0.25, 0.3) is 0 Å². The van der Waals surface area contributed by atoms with Crippen LogP contribution < -0.4 is 4.57 Å². The molecule has 2 heterocycles. The van der Waals surface area contributed by atoms with Gasteiger partial charge in [-0.25, -0.2) is 0 Å². The first-order chi connectivity index (χ1) is 7.36.